The Morgan fingerprint density at radius 2 is 1.66 bits per heavy atom. The number of hydrogen-bond acceptors (Lipinski definition) is 5. The molecule has 11 heteroatoms. The van der Waals surface area contributed by atoms with Crippen molar-refractivity contribution in [3.05, 3.63) is 107 Å². The third-order valence-electron chi connectivity index (χ3n) is 5.46. The molecule has 192 valence electrons. The molecule has 1 atom stereocenters. The van der Waals surface area contributed by atoms with Gasteiger partial charge in [0.2, 0.25) is 5.91 Å². The number of aliphatic hydroxyl groups is 1. The number of aromatic nitrogens is 2. The molecule has 0 radical (unpaired) electrons. The fraction of sp³-hybridized carbons (Fsp3) is 0.111. The van der Waals surface area contributed by atoms with E-state index in [-0.39, 0.29) is 22.8 Å². The summed E-state index contributed by atoms with van der Waals surface area (Å²) < 4.78 is 41.1. The Bertz CT molecular complexity index is 1540. The highest BCUT2D eigenvalue weighted by atomic mass is 19.4. The zero-order chi connectivity index (χ0) is 27.4. The summed E-state index contributed by atoms with van der Waals surface area (Å²) in [6.45, 7) is 1.38. The number of carbonyl (C=O) groups is 2. The van der Waals surface area contributed by atoms with Gasteiger partial charge in [-0.2, -0.15) is 23.5 Å². The first-order valence-electron chi connectivity index (χ1n) is 11.2. The molecule has 0 fully saturated rings. The molecule has 38 heavy (non-hydrogen) atoms. The molecule has 0 spiro atoms. The second-order valence-electron chi connectivity index (χ2n) is 8.27. The van der Waals surface area contributed by atoms with Crippen LogP contribution in [0.1, 0.15) is 45.9 Å². The van der Waals surface area contributed by atoms with E-state index in [1.54, 1.807) is 36.4 Å². The molecule has 3 aromatic carbocycles. The lowest BCUT2D eigenvalue weighted by Crippen LogP contribution is -2.17. The predicted molar refractivity (Wildman–Crippen MR) is 132 cm³/mol. The van der Waals surface area contributed by atoms with Crippen molar-refractivity contribution in [1.29, 1.82) is 5.26 Å². The minimum atomic E-state index is -4.80. The highest BCUT2D eigenvalue weighted by molar-refractivity contribution is 6.03. The standard InChI is InChI=1S/C27H20F3N5O3/c1-16(36)32-20-10-8-18(9-11-20)25(37)19-5-3-6-21(13-19)33-26(38)23-14-24(27(28,29)30)34-35(23)22-7-2-4-17(12-22)15-31/h2-14,25,37H,1H3,(H,32,36)(H,33,38). The Kier molecular flexibility index (Phi) is 7.27. The van der Waals surface area contributed by atoms with Crippen molar-refractivity contribution in [3.63, 3.8) is 0 Å². The van der Waals surface area contributed by atoms with Crippen LogP contribution in [0.25, 0.3) is 5.69 Å². The second-order valence-corrected chi connectivity index (χ2v) is 8.27. The molecule has 3 N–H and O–H groups in total. The van der Waals surface area contributed by atoms with E-state index in [4.69, 9.17) is 5.26 Å². The van der Waals surface area contributed by atoms with Crippen LogP contribution in [-0.2, 0) is 11.0 Å². The van der Waals surface area contributed by atoms with Crippen molar-refractivity contribution in [3.8, 4) is 11.8 Å². The average Bonchev–Trinajstić information content (AvgIpc) is 3.35. The number of benzene rings is 3. The van der Waals surface area contributed by atoms with E-state index in [1.807, 2.05) is 6.07 Å². The second kappa shape index (κ2) is 10.6. The first-order valence-corrected chi connectivity index (χ1v) is 11.2. The first-order chi connectivity index (χ1) is 18.0. The Balaban J connectivity index is 1.61. The van der Waals surface area contributed by atoms with E-state index >= 15 is 0 Å². The van der Waals surface area contributed by atoms with Crippen LogP contribution in [0, 0.1) is 11.3 Å². The maximum atomic E-state index is 13.4. The normalized spacial score (nSPS) is 11.9. The van der Waals surface area contributed by atoms with Gasteiger partial charge in [0.15, 0.2) is 5.69 Å². The molecule has 1 unspecified atom stereocenters. The smallest absolute Gasteiger partial charge is 0.384 e. The van der Waals surface area contributed by atoms with Gasteiger partial charge in [0.1, 0.15) is 11.8 Å². The monoisotopic (exact) mass is 519 g/mol. The van der Waals surface area contributed by atoms with Gasteiger partial charge in [-0.05, 0) is 53.6 Å². The van der Waals surface area contributed by atoms with Crippen LogP contribution in [0.5, 0.6) is 0 Å². The Hall–Kier alpha value is -4.95. The summed E-state index contributed by atoms with van der Waals surface area (Å²) in [5.41, 5.74) is 0.359. The van der Waals surface area contributed by atoms with Gasteiger partial charge in [-0.1, -0.05) is 30.3 Å². The van der Waals surface area contributed by atoms with Gasteiger partial charge < -0.3 is 15.7 Å². The third kappa shape index (κ3) is 5.88. The maximum Gasteiger partial charge on any atom is 0.435 e. The Morgan fingerprint density at radius 1 is 0.947 bits per heavy atom. The SMILES string of the molecule is CC(=O)Nc1ccc(C(O)c2cccc(NC(=O)c3cc(C(F)(F)F)nn3-c3cccc(C#N)c3)c2)cc1. The number of hydrogen-bond donors (Lipinski definition) is 3. The van der Waals surface area contributed by atoms with Crippen LogP contribution in [0.15, 0.2) is 78.9 Å². The largest absolute Gasteiger partial charge is 0.435 e. The van der Waals surface area contributed by atoms with Gasteiger partial charge in [-0.3, -0.25) is 9.59 Å². The van der Waals surface area contributed by atoms with E-state index < -0.39 is 29.6 Å². The summed E-state index contributed by atoms with van der Waals surface area (Å²) in [6.07, 6.45) is -5.87. The molecule has 0 aliphatic carbocycles. The van der Waals surface area contributed by atoms with Crippen molar-refractivity contribution >= 4 is 23.2 Å². The molecule has 4 rings (SSSR count). The van der Waals surface area contributed by atoms with Gasteiger partial charge >= 0.3 is 6.18 Å². The lowest BCUT2D eigenvalue weighted by atomic mass is 10.0. The van der Waals surface area contributed by atoms with Crippen molar-refractivity contribution in [2.45, 2.75) is 19.2 Å². The van der Waals surface area contributed by atoms with Crippen molar-refractivity contribution in [2.24, 2.45) is 0 Å². The number of rotatable bonds is 6. The van der Waals surface area contributed by atoms with Gasteiger partial charge in [0.25, 0.3) is 5.91 Å². The third-order valence-corrected chi connectivity index (χ3v) is 5.46. The lowest BCUT2D eigenvalue weighted by molar-refractivity contribution is -0.141. The van der Waals surface area contributed by atoms with Crippen molar-refractivity contribution < 1.29 is 27.9 Å². The number of halogens is 3. The van der Waals surface area contributed by atoms with Crippen molar-refractivity contribution in [2.75, 3.05) is 10.6 Å². The number of nitrogens with zero attached hydrogens (tertiary/aromatic N) is 3. The zero-order valence-electron chi connectivity index (χ0n) is 19.8. The molecule has 0 aliphatic heterocycles. The van der Waals surface area contributed by atoms with Gasteiger partial charge in [0, 0.05) is 24.4 Å². The molecule has 0 saturated heterocycles. The Morgan fingerprint density at radius 3 is 2.32 bits per heavy atom. The van der Waals surface area contributed by atoms with E-state index in [2.05, 4.69) is 15.7 Å². The van der Waals surface area contributed by atoms with Gasteiger partial charge in [0.05, 0.1) is 17.3 Å². The fourth-order valence-corrected chi connectivity index (χ4v) is 3.71. The minimum Gasteiger partial charge on any atom is -0.384 e. The quantitative estimate of drug-likeness (QED) is 0.329. The number of carbonyl (C=O) groups excluding carboxylic acids is 2. The predicted octanol–water partition coefficient (Wildman–Crippen LogP) is 5.06. The molecule has 1 aromatic heterocycles. The number of alkyl halides is 3. The van der Waals surface area contributed by atoms with E-state index in [0.29, 0.717) is 22.9 Å². The summed E-state index contributed by atoms with van der Waals surface area (Å²) in [4.78, 5) is 24.3. The summed E-state index contributed by atoms with van der Waals surface area (Å²) >= 11 is 0. The van der Waals surface area contributed by atoms with Crippen LogP contribution in [-0.4, -0.2) is 26.7 Å². The molecule has 8 nitrogen and oxygen atoms in total. The topological polar surface area (TPSA) is 120 Å². The Labute approximate surface area is 215 Å². The maximum absolute atomic E-state index is 13.4. The number of anilines is 2. The van der Waals surface area contributed by atoms with Crippen LogP contribution in [0.3, 0.4) is 0 Å². The van der Waals surface area contributed by atoms with E-state index in [0.717, 1.165) is 4.68 Å². The lowest BCUT2D eigenvalue weighted by Gasteiger charge is -2.14. The molecule has 1 heterocycles. The number of nitrogens with one attached hydrogen (secondary N) is 2. The van der Waals surface area contributed by atoms with Gasteiger partial charge in [-0.15, -0.1) is 0 Å². The molecule has 4 aromatic rings. The summed E-state index contributed by atoms with van der Waals surface area (Å²) in [5, 5.41) is 28.7. The summed E-state index contributed by atoms with van der Waals surface area (Å²) in [7, 11) is 0. The van der Waals surface area contributed by atoms with Crippen molar-refractivity contribution in [1.82, 2.24) is 9.78 Å². The average molecular weight is 519 g/mol. The van der Waals surface area contributed by atoms with Crippen LogP contribution in [0.4, 0.5) is 24.5 Å². The number of nitriles is 1. The number of aliphatic hydroxyl groups excluding tert-OH is 1. The molecular weight excluding hydrogens is 499 g/mol. The highest BCUT2D eigenvalue weighted by Gasteiger charge is 2.36. The number of amides is 2. The highest BCUT2D eigenvalue weighted by Crippen LogP contribution is 2.30. The van der Waals surface area contributed by atoms with E-state index in [1.165, 1.54) is 43.3 Å². The molecule has 2 amide bonds. The summed E-state index contributed by atoms with van der Waals surface area (Å²) in [5.74, 6) is -1.11. The molecule has 0 aliphatic rings. The van der Waals surface area contributed by atoms with Crippen LogP contribution in [0.2, 0.25) is 0 Å². The minimum absolute atomic E-state index is 0.108. The molecule has 0 saturated carbocycles. The van der Waals surface area contributed by atoms with Crippen LogP contribution >= 0.6 is 0 Å². The summed E-state index contributed by atoms with van der Waals surface area (Å²) in [6, 6.07) is 21.0. The van der Waals surface area contributed by atoms with Gasteiger partial charge in [-0.25, -0.2) is 4.68 Å². The fourth-order valence-electron chi connectivity index (χ4n) is 3.71. The van der Waals surface area contributed by atoms with Crippen LogP contribution < -0.4 is 10.6 Å². The van der Waals surface area contributed by atoms with E-state index in [9.17, 15) is 27.9 Å². The molecule has 0 bridgehead atoms. The first kappa shape index (κ1) is 26.1. The molecular formula is C27H20F3N5O3. The zero-order valence-corrected chi connectivity index (χ0v) is 19.8.